The molecule has 0 fully saturated rings. The number of pyridine rings is 3. The Morgan fingerprint density at radius 2 is 1.52 bits per heavy atom. The van der Waals surface area contributed by atoms with Crippen molar-refractivity contribution in [2.24, 2.45) is 0 Å². The van der Waals surface area contributed by atoms with E-state index in [1.807, 2.05) is 0 Å². The maximum absolute atomic E-state index is 14.4. The van der Waals surface area contributed by atoms with Crippen molar-refractivity contribution in [1.29, 1.82) is 0 Å². The second-order valence-corrected chi connectivity index (χ2v) is 6.36. The zero-order chi connectivity index (χ0) is 20.0. The summed E-state index contributed by atoms with van der Waals surface area (Å²) in [5, 5.41) is 1.48. The van der Waals surface area contributed by atoms with Gasteiger partial charge in [0.1, 0.15) is 23.0 Å². The van der Waals surface area contributed by atoms with Crippen molar-refractivity contribution in [3.8, 4) is 22.5 Å². The Morgan fingerprint density at radius 1 is 0.724 bits per heavy atom. The maximum atomic E-state index is 14.4. The van der Waals surface area contributed by atoms with Gasteiger partial charge in [0.25, 0.3) is 0 Å². The Hall–Kier alpha value is -4.07. The van der Waals surface area contributed by atoms with E-state index in [2.05, 4.69) is 24.9 Å². The van der Waals surface area contributed by atoms with Gasteiger partial charge in [0.2, 0.25) is 0 Å². The fraction of sp³-hybridized carbons (Fsp3) is 0. The van der Waals surface area contributed by atoms with E-state index < -0.39 is 11.6 Å². The van der Waals surface area contributed by atoms with Crippen molar-refractivity contribution in [3.05, 3.63) is 72.8 Å². The molecule has 0 aliphatic rings. The highest BCUT2D eigenvalue weighted by Gasteiger charge is 2.17. The third kappa shape index (κ3) is 2.82. The molecule has 0 amide bonds. The van der Waals surface area contributed by atoms with Gasteiger partial charge in [0.05, 0.1) is 11.4 Å². The topological polar surface area (TPSA) is 90.5 Å². The van der Waals surface area contributed by atoms with Crippen LogP contribution in [-0.4, -0.2) is 24.9 Å². The number of fused-ring (bicyclic) bond motifs is 2. The van der Waals surface area contributed by atoms with Gasteiger partial charge < -0.3 is 5.73 Å². The summed E-state index contributed by atoms with van der Waals surface area (Å²) >= 11 is 0. The molecule has 8 heteroatoms. The van der Waals surface area contributed by atoms with Gasteiger partial charge in [-0.15, -0.1) is 0 Å². The number of anilines is 1. The van der Waals surface area contributed by atoms with E-state index in [9.17, 15) is 8.78 Å². The van der Waals surface area contributed by atoms with Gasteiger partial charge in [-0.1, -0.05) is 0 Å². The van der Waals surface area contributed by atoms with Crippen LogP contribution < -0.4 is 5.73 Å². The number of nitrogens with zero attached hydrogens (tertiary/aromatic N) is 5. The van der Waals surface area contributed by atoms with Gasteiger partial charge in [-0.2, -0.15) is 0 Å². The van der Waals surface area contributed by atoms with E-state index in [-0.39, 0.29) is 11.3 Å². The largest absolute Gasteiger partial charge is 0.383 e. The molecule has 0 radical (unpaired) electrons. The Labute approximate surface area is 163 Å². The fourth-order valence-corrected chi connectivity index (χ4v) is 3.31. The molecule has 0 unspecified atom stereocenters. The lowest BCUT2D eigenvalue weighted by Crippen LogP contribution is -1.98. The van der Waals surface area contributed by atoms with Crippen molar-refractivity contribution >= 4 is 27.8 Å². The molecule has 0 aliphatic heterocycles. The first-order chi connectivity index (χ1) is 14.1. The standard InChI is InChI=1S/C21H12F2N6/c22-11-1-2-16(23)14(9-11)17-10-15(19-21(29-17)28-8-7-26-19)18-12-3-6-27-20(24)13(12)4-5-25-18/h1-10H,(H2,24,27). The first-order valence-corrected chi connectivity index (χ1v) is 8.68. The molecule has 4 heterocycles. The van der Waals surface area contributed by atoms with Gasteiger partial charge >= 0.3 is 0 Å². The van der Waals surface area contributed by atoms with Gasteiger partial charge in [-0.3, -0.25) is 9.97 Å². The lowest BCUT2D eigenvalue weighted by atomic mass is 10.0. The molecule has 1 aromatic carbocycles. The first-order valence-electron chi connectivity index (χ1n) is 8.68. The third-order valence-corrected chi connectivity index (χ3v) is 4.62. The molecular weight excluding hydrogens is 374 g/mol. The average molecular weight is 386 g/mol. The van der Waals surface area contributed by atoms with Crippen LogP contribution in [0.1, 0.15) is 0 Å². The monoisotopic (exact) mass is 386 g/mol. The van der Waals surface area contributed by atoms with Crippen LogP contribution in [0.2, 0.25) is 0 Å². The number of rotatable bonds is 2. The van der Waals surface area contributed by atoms with Crippen LogP contribution >= 0.6 is 0 Å². The lowest BCUT2D eigenvalue weighted by Gasteiger charge is -2.11. The van der Waals surface area contributed by atoms with Crippen LogP contribution in [0.3, 0.4) is 0 Å². The summed E-state index contributed by atoms with van der Waals surface area (Å²) in [5.41, 5.74) is 8.20. The SMILES string of the molecule is Nc1nccc2c(-c3cc(-c4cc(F)ccc4F)nc4nccnc34)nccc12. The number of hydrogen-bond acceptors (Lipinski definition) is 6. The Kier molecular flexibility index (Phi) is 3.83. The molecular formula is C21H12F2N6. The minimum absolute atomic E-state index is 0.0280. The Balaban J connectivity index is 1.87. The molecule has 5 rings (SSSR count). The summed E-state index contributed by atoms with van der Waals surface area (Å²) in [6.45, 7) is 0. The second-order valence-electron chi connectivity index (χ2n) is 6.36. The molecule has 4 aromatic heterocycles. The van der Waals surface area contributed by atoms with E-state index in [1.54, 1.807) is 30.6 Å². The molecule has 29 heavy (non-hydrogen) atoms. The molecule has 2 N–H and O–H groups in total. The highest BCUT2D eigenvalue weighted by molar-refractivity contribution is 6.04. The molecule has 0 spiro atoms. The van der Waals surface area contributed by atoms with Crippen LogP contribution in [0, 0.1) is 11.6 Å². The van der Waals surface area contributed by atoms with Crippen LogP contribution in [0.4, 0.5) is 14.6 Å². The van der Waals surface area contributed by atoms with Gasteiger partial charge in [-0.05, 0) is 36.4 Å². The summed E-state index contributed by atoms with van der Waals surface area (Å²) in [4.78, 5) is 21.6. The van der Waals surface area contributed by atoms with Crippen LogP contribution in [0.15, 0.2) is 61.2 Å². The number of nitrogen functional groups attached to an aromatic ring is 1. The quantitative estimate of drug-likeness (QED) is 0.490. The van der Waals surface area contributed by atoms with Gasteiger partial charge in [-0.25, -0.2) is 23.7 Å². The van der Waals surface area contributed by atoms with Crippen LogP contribution in [-0.2, 0) is 0 Å². The molecule has 0 saturated carbocycles. The molecule has 0 aliphatic carbocycles. The van der Waals surface area contributed by atoms with E-state index in [4.69, 9.17) is 5.73 Å². The average Bonchev–Trinajstić information content (AvgIpc) is 2.75. The van der Waals surface area contributed by atoms with E-state index in [0.29, 0.717) is 28.2 Å². The second kappa shape index (κ2) is 6.52. The number of benzene rings is 1. The summed E-state index contributed by atoms with van der Waals surface area (Å²) in [6.07, 6.45) is 6.23. The minimum Gasteiger partial charge on any atom is -0.383 e. The van der Waals surface area contributed by atoms with Crippen LogP contribution in [0.5, 0.6) is 0 Å². The normalized spacial score (nSPS) is 11.2. The lowest BCUT2D eigenvalue weighted by molar-refractivity contribution is 0.602. The number of aromatic nitrogens is 5. The molecule has 0 bridgehead atoms. The molecule has 140 valence electrons. The highest BCUT2D eigenvalue weighted by Crippen LogP contribution is 2.34. The van der Waals surface area contributed by atoms with Crippen molar-refractivity contribution in [2.75, 3.05) is 5.73 Å². The molecule has 0 saturated heterocycles. The third-order valence-electron chi connectivity index (χ3n) is 4.62. The number of nitrogens with two attached hydrogens (primary N) is 1. The molecule has 6 nitrogen and oxygen atoms in total. The smallest absolute Gasteiger partial charge is 0.179 e. The van der Waals surface area contributed by atoms with Crippen molar-refractivity contribution in [1.82, 2.24) is 24.9 Å². The highest BCUT2D eigenvalue weighted by atomic mass is 19.1. The number of halogens is 2. The van der Waals surface area contributed by atoms with Gasteiger partial charge in [0.15, 0.2) is 5.65 Å². The summed E-state index contributed by atoms with van der Waals surface area (Å²) < 4.78 is 28.2. The predicted octanol–water partition coefficient (Wildman–Crippen LogP) is 4.16. The van der Waals surface area contributed by atoms with Crippen molar-refractivity contribution in [2.45, 2.75) is 0 Å². The fourth-order valence-electron chi connectivity index (χ4n) is 3.31. The summed E-state index contributed by atoms with van der Waals surface area (Å²) in [7, 11) is 0. The Morgan fingerprint density at radius 3 is 2.41 bits per heavy atom. The van der Waals surface area contributed by atoms with Crippen molar-refractivity contribution in [3.63, 3.8) is 0 Å². The van der Waals surface area contributed by atoms with Gasteiger partial charge in [0, 0.05) is 46.7 Å². The van der Waals surface area contributed by atoms with E-state index in [0.717, 1.165) is 29.0 Å². The zero-order valence-corrected chi connectivity index (χ0v) is 14.8. The predicted molar refractivity (Wildman–Crippen MR) is 106 cm³/mol. The van der Waals surface area contributed by atoms with Crippen molar-refractivity contribution < 1.29 is 8.78 Å². The van der Waals surface area contributed by atoms with E-state index in [1.165, 1.54) is 12.4 Å². The molecule has 0 atom stereocenters. The summed E-state index contributed by atoms with van der Waals surface area (Å²) in [6, 6.07) is 8.41. The van der Waals surface area contributed by atoms with E-state index >= 15 is 0 Å². The van der Waals surface area contributed by atoms with Crippen LogP contribution in [0.25, 0.3) is 44.5 Å². The minimum atomic E-state index is -0.590. The first kappa shape index (κ1) is 17.1. The maximum Gasteiger partial charge on any atom is 0.179 e. The zero-order valence-electron chi connectivity index (χ0n) is 14.8. The number of hydrogen-bond donors (Lipinski definition) is 1. The summed E-state index contributed by atoms with van der Waals surface area (Å²) in [5.74, 6) is -0.787. The Bertz CT molecular complexity index is 1400. The molecule has 5 aromatic rings.